The van der Waals surface area contributed by atoms with Crippen molar-refractivity contribution in [2.24, 2.45) is 13.0 Å². The second-order valence-corrected chi connectivity index (χ2v) is 6.67. The SMILES string of the molecule is Cc1cc(C(=O)NC(CC(C)C)C(=O)Nc2nccs2)n(C)n1. The minimum Gasteiger partial charge on any atom is -0.339 e. The predicted molar refractivity (Wildman–Crippen MR) is 89.4 cm³/mol. The third-order valence-corrected chi connectivity index (χ3v) is 3.91. The number of anilines is 1. The van der Waals surface area contributed by atoms with Crippen LogP contribution in [0, 0.1) is 12.8 Å². The normalized spacial score (nSPS) is 12.2. The lowest BCUT2D eigenvalue weighted by molar-refractivity contribution is -0.118. The molecule has 1 unspecified atom stereocenters. The Balaban J connectivity index is 2.10. The summed E-state index contributed by atoms with van der Waals surface area (Å²) in [5.74, 6) is -0.315. The summed E-state index contributed by atoms with van der Waals surface area (Å²) in [6, 6.07) is 1.07. The molecule has 0 bridgehead atoms. The molecule has 2 heterocycles. The van der Waals surface area contributed by atoms with Crippen LogP contribution in [0.5, 0.6) is 0 Å². The molecule has 23 heavy (non-hydrogen) atoms. The van der Waals surface area contributed by atoms with E-state index in [9.17, 15) is 9.59 Å². The number of thiazole rings is 1. The number of aryl methyl sites for hydroxylation is 2. The van der Waals surface area contributed by atoms with Crippen molar-refractivity contribution >= 4 is 28.3 Å². The van der Waals surface area contributed by atoms with Crippen molar-refractivity contribution in [1.82, 2.24) is 20.1 Å². The zero-order chi connectivity index (χ0) is 17.0. The first-order valence-corrected chi connectivity index (χ1v) is 8.26. The van der Waals surface area contributed by atoms with Crippen LogP contribution < -0.4 is 10.6 Å². The molecule has 1 atom stereocenters. The van der Waals surface area contributed by atoms with E-state index in [2.05, 4.69) is 20.7 Å². The first-order valence-electron chi connectivity index (χ1n) is 7.38. The Morgan fingerprint density at radius 3 is 2.65 bits per heavy atom. The molecule has 0 saturated heterocycles. The first-order chi connectivity index (χ1) is 10.9. The third kappa shape index (κ3) is 4.62. The Hall–Kier alpha value is -2.22. The fourth-order valence-electron chi connectivity index (χ4n) is 2.24. The summed E-state index contributed by atoms with van der Waals surface area (Å²) < 4.78 is 1.51. The number of carbonyl (C=O) groups excluding carboxylic acids is 2. The van der Waals surface area contributed by atoms with Gasteiger partial charge in [-0.05, 0) is 25.3 Å². The molecule has 0 radical (unpaired) electrons. The van der Waals surface area contributed by atoms with Crippen LogP contribution in [0.2, 0.25) is 0 Å². The van der Waals surface area contributed by atoms with E-state index in [1.807, 2.05) is 20.8 Å². The van der Waals surface area contributed by atoms with Crippen LogP contribution in [0.15, 0.2) is 17.6 Å². The number of rotatable bonds is 6. The Morgan fingerprint density at radius 2 is 2.13 bits per heavy atom. The van der Waals surface area contributed by atoms with Crippen LogP contribution in [0.4, 0.5) is 5.13 Å². The number of hydrogen-bond acceptors (Lipinski definition) is 5. The highest BCUT2D eigenvalue weighted by molar-refractivity contribution is 7.13. The van der Waals surface area contributed by atoms with E-state index >= 15 is 0 Å². The van der Waals surface area contributed by atoms with Gasteiger partial charge in [0.1, 0.15) is 11.7 Å². The number of nitrogens with zero attached hydrogens (tertiary/aromatic N) is 3. The molecule has 2 N–H and O–H groups in total. The van der Waals surface area contributed by atoms with E-state index in [4.69, 9.17) is 0 Å². The summed E-state index contributed by atoms with van der Waals surface area (Å²) in [4.78, 5) is 28.9. The van der Waals surface area contributed by atoms with E-state index < -0.39 is 6.04 Å². The van der Waals surface area contributed by atoms with Gasteiger partial charge in [0.2, 0.25) is 5.91 Å². The zero-order valence-electron chi connectivity index (χ0n) is 13.7. The molecule has 7 nitrogen and oxygen atoms in total. The molecular formula is C15H21N5O2S. The van der Waals surface area contributed by atoms with Gasteiger partial charge in [0.25, 0.3) is 5.91 Å². The lowest BCUT2D eigenvalue weighted by Gasteiger charge is -2.19. The molecule has 0 saturated carbocycles. The summed E-state index contributed by atoms with van der Waals surface area (Å²) in [5, 5.41) is 12.0. The largest absolute Gasteiger partial charge is 0.339 e. The summed E-state index contributed by atoms with van der Waals surface area (Å²) in [6.45, 7) is 5.83. The predicted octanol–water partition coefficient (Wildman–Crippen LogP) is 1.97. The van der Waals surface area contributed by atoms with Gasteiger partial charge in [-0.1, -0.05) is 13.8 Å². The highest BCUT2D eigenvalue weighted by Crippen LogP contribution is 2.13. The number of amides is 2. The lowest BCUT2D eigenvalue weighted by atomic mass is 10.0. The van der Waals surface area contributed by atoms with Crippen molar-refractivity contribution in [3.8, 4) is 0 Å². The van der Waals surface area contributed by atoms with Crippen LogP contribution in [0.25, 0.3) is 0 Å². The van der Waals surface area contributed by atoms with Crippen molar-refractivity contribution in [3.05, 3.63) is 29.0 Å². The highest BCUT2D eigenvalue weighted by atomic mass is 32.1. The molecule has 0 fully saturated rings. The minimum atomic E-state index is -0.624. The van der Waals surface area contributed by atoms with Crippen LogP contribution in [0.3, 0.4) is 0 Å². The average molecular weight is 335 g/mol. The number of carbonyl (C=O) groups is 2. The van der Waals surface area contributed by atoms with Gasteiger partial charge in [-0.25, -0.2) is 4.98 Å². The van der Waals surface area contributed by atoms with Gasteiger partial charge < -0.3 is 10.6 Å². The lowest BCUT2D eigenvalue weighted by Crippen LogP contribution is -2.45. The Bertz CT molecular complexity index is 678. The molecule has 0 aliphatic heterocycles. The highest BCUT2D eigenvalue weighted by Gasteiger charge is 2.24. The van der Waals surface area contributed by atoms with Crippen molar-refractivity contribution in [2.75, 3.05) is 5.32 Å². The van der Waals surface area contributed by atoms with Crippen molar-refractivity contribution in [3.63, 3.8) is 0 Å². The van der Waals surface area contributed by atoms with Gasteiger partial charge in [0.05, 0.1) is 5.69 Å². The van der Waals surface area contributed by atoms with Crippen LogP contribution in [-0.2, 0) is 11.8 Å². The minimum absolute atomic E-state index is 0.260. The quantitative estimate of drug-likeness (QED) is 0.844. The maximum Gasteiger partial charge on any atom is 0.270 e. The fraction of sp³-hybridized carbons (Fsp3) is 0.467. The second kappa shape index (κ2) is 7.36. The molecular weight excluding hydrogens is 314 g/mol. The second-order valence-electron chi connectivity index (χ2n) is 5.78. The standard InChI is InChI=1S/C15H21N5O2S/c1-9(2)7-11(13(21)18-15-16-5-6-23-15)17-14(22)12-8-10(3)19-20(12)4/h5-6,8-9,11H,7H2,1-4H3,(H,17,22)(H,16,18,21). The van der Waals surface area contributed by atoms with E-state index in [1.54, 1.807) is 24.7 Å². The summed E-state index contributed by atoms with van der Waals surface area (Å²) in [7, 11) is 1.70. The number of nitrogens with one attached hydrogen (secondary N) is 2. The fourth-order valence-corrected chi connectivity index (χ4v) is 2.77. The Labute approximate surface area is 139 Å². The van der Waals surface area contributed by atoms with Gasteiger partial charge in [-0.15, -0.1) is 11.3 Å². The van der Waals surface area contributed by atoms with E-state index in [0.717, 1.165) is 5.69 Å². The van der Waals surface area contributed by atoms with Crippen LogP contribution in [0.1, 0.15) is 36.5 Å². The molecule has 2 amide bonds. The first kappa shape index (κ1) is 17.1. The Morgan fingerprint density at radius 1 is 1.39 bits per heavy atom. The van der Waals surface area contributed by atoms with E-state index in [0.29, 0.717) is 17.2 Å². The molecule has 0 aliphatic carbocycles. The Kier molecular flexibility index (Phi) is 5.49. The molecule has 2 rings (SSSR count). The van der Waals surface area contributed by atoms with Gasteiger partial charge in [0, 0.05) is 18.6 Å². The number of aromatic nitrogens is 3. The average Bonchev–Trinajstić information content (AvgIpc) is 3.07. The molecule has 0 aromatic carbocycles. The molecule has 8 heteroatoms. The molecule has 124 valence electrons. The third-order valence-electron chi connectivity index (χ3n) is 3.23. The molecule has 2 aromatic rings. The van der Waals surface area contributed by atoms with Gasteiger partial charge in [0.15, 0.2) is 5.13 Å². The number of hydrogen-bond donors (Lipinski definition) is 2. The smallest absolute Gasteiger partial charge is 0.270 e. The summed E-state index contributed by atoms with van der Waals surface area (Å²) >= 11 is 1.34. The maximum atomic E-state index is 12.4. The summed E-state index contributed by atoms with van der Waals surface area (Å²) in [6.07, 6.45) is 2.16. The van der Waals surface area contributed by atoms with Crippen molar-refractivity contribution in [1.29, 1.82) is 0 Å². The van der Waals surface area contributed by atoms with Gasteiger partial charge >= 0.3 is 0 Å². The molecule has 2 aromatic heterocycles. The topological polar surface area (TPSA) is 88.9 Å². The van der Waals surface area contributed by atoms with E-state index in [1.165, 1.54) is 16.0 Å². The monoisotopic (exact) mass is 335 g/mol. The van der Waals surface area contributed by atoms with Crippen LogP contribution >= 0.6 is 11.3 Å². The van der Waals surface area contributed by atoms with Crippen molar-refractivity contribution < 1.29 is 9.59 Å². The summed E-state index contributed by atoms with van der Waals surface area (Å²) in [5.41, 5.74) is 1.18. The zero-order valence-corrected chi connectivity index (χ0v) is 14.5. The van der Waals surface area contributed by atoms with Crippen LogP contribution in [-0.4, -0.2) is 32.6 Å². The van der Waals surface area contributed by atoms with Gasteiger partial charge in [-0.3, -0.25) is 14.3 Å². The van der Waals surface area contributed by atoms with E-state index in [-0.39, 0.29) is 17.7 Å². The van der Waals surface area contributed by atoms with Gasteiger partial charge in [-0.2, -0.15) is 5.10 Å². The molecule has 0 spiro atoms. The molecule has 0 aliphatic rings. The maximum absolute atomic E-state index is 12.4. The van der Waals surface area contributed by atoms with Crippen molar-refractivity contribution in [2.45, 2.75) is 33.2 Å².